The van der Waals surface area contributed by atoms with E-state index in [0.717, 1.165) is 6.07 Å². The van der Waals surface area contributed by atoms with Crippen LogP contribution in [-0.4, -0.2) is 14.3 Å². The van der Waals surface area contributed by atoms with Crippen molar-refractivity contribution >= 4 is 38.9 Å². The lowest BCUT2D eigenvalue weighted by Gasteiger charge is -2.11. The number of nitrogens with one attached hydrogen (secondary N) is 2. The van der Waals surface area contributed by atoms with Gasteiger partial charge in [0, 0.05) is 6.92 Å². The highest BCUT2D eigenvalue weighted by Crippen LogP contribution is 2.25. The summed E-state index contributed by atoms with van der Waals surface area (Å²) in [5.74, 6) is -1.14. The molecule has 0 heterocycles. The number of sulfonamides is 1. The number of rotatable bonds is 4. The van der Waals surface area contributed by atoms with Crippen molar-refractivity contribution in [1.82, 2.24) is 0 Å². The van der Waals surface area contributed by atoms with Crippen LogP contribution in [0.3, 0.4) is 0 Å². The Labute approximate surface area is 132 Å². The predicted octanol–water partition coefficient (Wildman–Crippen LogP) is 3.24. The molecule has 22 heavy (non-hydrogen) atoms. The molecule has 1 amide bonds. The van der Waals surface area contributed by atoms with Crippen LogP contribution in [0.1, 0.15) is 6.92 Å². The number of benzene rings is 2. The van der Waals surface area contributed by atoms with Gasteiger partial charge >= 0.3 is 0 Å². The molecule has 2 aromatic carbocycles. The monoisotopic (exact) mass is 342 g/mol. The first-order valence-corrected chi connectivity index (χ1v) is 8.00. The summed E-state index contributed by atoms with van der Waals surface area (Å²) in [7, 11) is -3.92. The lowest BCUT2D eigenvalue weighted by atomic mass is 10.2. The van der Waals surface area contributed by atoms with E-state index in [-0.39, 0.29) is 21.3 Å². The van der Waals surface area contributed by atoms with Crippen LogP contribution < -0.4 is 10.0 Å². The van der Waals surface area contributed by atoms with Crippen molar-refractivity contribution in [2.45, 2.75) is 11.8 Å². The number of hydrogen-bond donors (Lipinski definition) is 2. The minimum absolute atomic E-state index is 0.0687. The van der Waals surface area contributed by atoms with E-state index in [1.807, 2.05) is 0 Å². The van der Waals surface area contributed by atoms with Crippen LogP contribution in [0.2, 0.25) is 5.02 Å². The number of halogens is 2. The summed E-state index contributed by atoms with van der Waals surface area (Å²) in [6.07, 6.45) is 0. The van der Waals surface area contributed by atoms with Crippen molar-refractivity contribution in [3.8, 4) is 0 Å². The zero-order valence-corrected chi connectivity index (χ0v) is 13.0. The average molecular weight is 343 g/mol. The Balaban J connectivity index is 2.34. The first-order valence-electron chi connectivity index (χ1n) is 6.14. The van der Waals surface area contributed by atoms with Crippen LogP contribution in [0.15, 0.2) is 47.4 Å². The van der Waals surface area contributed by atoms with Gasteiger partial charge in [-0.25, -0.2) is 12.8 Å². The molecule has 0 radical (unpaired) electrons. The molecule has 0 saturated heterocycles. The second-order valence-electron chi connectivity index (χ2n) is 4.41. The molecular formula is C14H12ClFN2O3S. The van der Waals surface area contributed by atoms with Crippen molar-refractivity contribution in [2.24, 2.45) is 0 Å². The van der Waals surface area contributed by atoms with E-state index in [9.17, 15) is 17.6 Å². The normalized spacial score (nSPS) is 11.0. The molecule has 0 atom stereocenters. The van der Waals surface area contributed by atoms with Gasteiger partial charge in [0.2, 0.25) is 5.91 Å². The van der Waals surface area contributed by atoms with E-state index in [4.69, 9.17) is 11.6 Å². The minimum Gasteiger partial charge on any atom is -0.324 e. The van der Waals surface area contributed by atoms with Crippen LogP contribution in [0, 0.1) is 5.82 Å². The standard InChI is InChI=1S/C14H12ClFN2O3S/c1-9(19)17-13-8-10(6-7-12(13)16)18-22(20,21)14-5-3-2-4-11(14)15/h2-8,18H,1H3,(H,17,19). The van der Waals surface area contributed by atoms with Crippen molar-refractivity contribution < 1.29 is 17.6 Å². The number of carbonyl (C=O) groups is 1. The third kappa shape index (κ3) is 3.75. The molecule has 0 aliphatic carbocycles. The SMILES string of the molecule is CC(=O)Nc1cc(NS(=O)(=O)c2ccccc2Cl)ccc1F. The maximum atomic E-state index is 13.5. The number of carbonyl (C=O) groups excluding carboxylic acids is 1. The Hall–Kier alpha value is -2.12. The van der Waals surface area contributed by atoms with Crippen molar-refractivity contribution in [3.63, 3.8) is 0 Å². The lowest BCUT2D eigenvalue weighted by molar-refractivity contribution is -0.114. The largest absolute Gasteiger partial charge is 0.324 e. The molecule has 116 valence electrons. The van der Waals surface area contributed by atoms with E-state index in [0.29, 0.717) is 0 Å². The second-order valence-corrected chi connectivity index (χ2v) is 6.47. The fourth-order valence-corrected chi connectivity index (χ4v) is 3.32. The molecule has 2 aromatic rings. The Kier molecular flexibility index (Phi) is 4.68. The molecule has 0 spiro atoms. The molecule has 2 N–H and O–H groups in total. The van der Waals surface area contributed by atoms with Crippen molar-refractivity contribution in [1.29, 1.82) is 0 Å². The first kappa shape index (κ1) is 16.3. The predicted molar refractivity (Wildman–Crippen MR) is 83.0 cm³/mol. The highest BCUT2D eigenvalue weighted by atomic mass is 35.5. The third-order valence-corrected chi connectivity index (χ3v) is 4.54. The Bertz CT molecular complexity index is 825. The molecule has 5 nitrogen and oxygen atoms in total. The molecule has 0 aromatic heterocycles. The molecular weight excluding hydrogens is 331 g/mol. The van der Waals surface area contributed by atoms with E-state index in [1.54, 1.807) is 6.07 Å². The Morgan fingerprint density at radius 3 is 2.50 bits per heavy atom. The maximum Gasteiger partial charge on any atom is 0.263 e. The molecule has 8 heteroatoms. The zero-order chi connectivity index (χ0) is 16.3. The van der Waals surface area contributed by atoms with Gasteiger partial charge < -0.3 is 5.32 Å². The van der Waals surface area contributed by atoms with E-state index in [1.165, 1.54) is 37.3 Å². The van der Waals surface area contributed by atoms with E-state index < -0.39 is 21.7 Å². The number of anilines is 2. The lowest BCUT2D eigenvalue weighted by Crippen LogP contribution is -2.14. The average Bonchev–Trinajstić information content (AvgIpc) is 2.42. The van der Waals surface area contributed by atoms with E-state index >= 15 is 0 Å². The first-order chi connectivity index (χ1) is 10.3. The smallest absolute Gasteiger partial charge is 0.263 e. The molecule has 2 rings (SSSR count). The van der Waals surface area contributed by atoms with Gasteiger partial charge in [0.1, 0.15) is 10.7 Å². The highest BCUT2D eigenvalue weighted by molar-refractivity contribution is 7.92. The van der Waals surface area contributed by atoms with Gasteiger partial charge in [0.05, 0.1) is 16.4 Å². The number of amides is 1. The molecule has 0 saturated carbocycles. The third-order valence-electron chi connectivity index (χ3n) is 2.66. The Morgan fingerprint density at radius 1 is 1.18 bits per heavy atom. The van der Waals surface area contributed by atoms with Crippen LogP contribution in [-0.2, 0) is 14.8 Å². The topological polar surface area (TPSA) is 75.3 Å². The minimum atomic E-state index is -3.92. The van der Waals surface area contributed by atoms with Gasteiger partial charge in [-0.2, -0.15) is 0 Å². The van der Waals surface area contributed by atoms with Crippen molar-refractivity contribution in [2.75, 3.05) is 10.0 Å². The van der Waals surface area contributed by atoms with Crippen LogP contribution in [0.25, 0.3) is 0 Å². The van der Waals surface area contributed by atoms with Crippen LogP contribution in [0.5, 0.6) is 0 Å². The van der Waals surface area contributed by atoms with Crippen molar-refractivity contribution in [3.05, 3.63) is 53.3 Å². The zero-order valence-electron chi connectivity index (χ0n) is 11.4. The van der Waals surface area contributed by atoms with Gasteiger partial charge in [-0.05, 0) is 30.3 Å². The summed E-state index contributed by atoms with van der Waals surface area (Å²) in [6, 6.07) is 9.42. The Morgan fingerprint density at radius 2 is 1.86 bits per heavy atom. The summed E-state index contributed by atoms with van der Waals surface area (Å²) >= 11 is 5.86. The fraction of sp³-hybridized carbons (Fsp3) is 0.0714. The van der Waals surface area contributed by atoms with Gasteiger partial charge in [-0.1, -0.05) is 23.7 Å². The molecule has 0 aliphatic heterocycles. The molecule has 0 bridgehead atoms. The molecule has 0 fully saturated rings. The summed E-state index contributed by atoms with van der Waals surface area (Å²) in [4.78, 5) is 10.9. The van der Waals surface area contributed by atoms with Gasteiger partial charge in [0.25, 0.3) is 10.0 Å². The summed E-state index contributed by atoms with van der Waals surface area (Å²) < 4.78 is 40.4. The van der Waals surface area contributed by atoms with Crippen LogP contribution in [0.4, 0.5) is 15.8 Å². The quantitative estimate of drug-likeness (QED) is 0.895. The van der Waals surface area contributed by atoms with E-state index in [2.05, 4.69) is 10.0 Å². The molecule has 0 aliphatic rings. The second kappa shape index (κ2) is 6.33. The number of hydrogen-bond acceptors (Lipinski definition) is 3. The van der Waals surface area contributed by atoms with Gasteiger partial charge in [0.15, 0.2) is 0 Å². The summed E-state index contributed by atoms with van der Waals surface area (Å²) in [6.45, 7) is 1.22. The van der Waals surface area contributed by atoms with Crippen LogP contribution >= 0.6 is 11.6 Å². The highest BCUT2D eigenvalue weighted by Gasteiger charge is 2.18. The maximum absolute atomic E-state index is 13.5. The summed E-state index contributed by atoms with van der Waals surface area (Å²) in [5, 5.41) is 2.34. The van der Waals surface area contributed by atoms with Gasteiger partial charge in [-0.3, -0.25) is 9.52 Å². The molecule has 0 unspecified atom stereocenters. The van der Waals surface area contributed by atoms with Gasteiger partial charge in [-0.15, -0.1) is 0 Å². The fourth-order valence-electron chi connectivity index (χ4n) is 1.75. The summed E-state index contributed by atoms with van der Waals surface area (Å²) in [5.41, 5.74) is -0.0167.